The van der Waals surface area contributed by atoms with E-state index < -0.39 is 0 Å². The number of benzene rings is 2. The number of nitrogens with one attached hydrogen (secondary N) is 1. The molecule has 0 saturated carbocycles. The predicted molar refractivity (Wildman–Crippen MR) is 92.0 cm³/mol. The molecular formula is C17H13ClN2OS. The lowest BCUT2D eigenvalue weighted by molar-refractivity contribution is -0.116. The quantitative estimate of drug-likeness (QED) is 0.726. The van der Waals surface area contributed by atoms with Crippen LogP contribution < -0.4 is 5.32 Å². The highest BCUT2D eigenvalue weighted by atomic mass is 35.5. The Kier molecular flexibility index (Phi) is 4.51. The summed E-state index contributed by atoms with van der Waals surface area (Å²) in [5.41, 5.74) is 1.90. The van der Waals surface area contributed by atoms with Gasteiger partial charge < -0.3 is 5.32 Å². The van der Waals surface area contributed by atoms with Crippen molar-refractivity contribution in [3.8, 4) is 0 Å². The molecule has 1 N–H and O–H groups in total. The molecule has 3 nitrogen and oxygen atoms in total. The van der Waals surface area contributed by atoms with Crippen LogP contribution in [0.3, 0.4) is 0 Å². The third-order valence-electron chi connectivity index (χ3n) is 3.05. The van der Waals surface area contributed by atoms with Gasteiger partial charge in [0.05, 0.1) is 16.8 Å². The normalized spacial score (nSPS) is 11.1. The molecule has 0 saturated heterocycles. The fraction of sp³-hybridized carbons (Fsp3) is 0.0588. The van der Waals surface area contributed by atoms with Gasteiger partial charge in [-0.3, -0.25) is 4.79 Å². The minimum atomic E-state index is -0.144. The summed E-state index contributed by atoms with van der Waals surface area (Å²) >= 11 is 7.41. The van der Waals surface area contributed by atoms with Gasteiger partial charge in [-0.25, -0.2) is 4.98 Å². The lowest BCUT2D eigenvalue weighted by Crippen LogP contribution is -2.19. The van der Waals surface area contributed by atoms with E-state index in [1.807, 2.05) is 36.4 Å². The molecular weight excluding hydrogens is 316 g/mol. The highest BCUT2D eigenvalue weighted by Crippen LogP contribution is 2.21. The molecule has 110 valence electrons. The molecule has 3 aromatic rings. The van der Waals surface area contributed by atoms with E-state index in [4.69, 9.17) is 11.6 Å². The number of fused-ring (bicyclic) bond motifs is 1. The Bertz CT molecular complexity index is 791. The first-order valence-electron chi connectivity index (χ1n) is 6.77. The maximum absolute atomic E-state index is 11.8. The molecule has 0 radical (unpaired) electrons. The number of para-hydroxylation sites is 1. The number of hydrogen-bond donors (Lipinski definition) is 1. The van der Waals surface area contributed by atoms with Crippen LogP contribution in [0.1, 0.15) is 10.6 Å². The molecule has 0 aliphatic rings. The monoisotopic (exact) mass is 328 g/mol. The Morgan fingerprint density at radius 1 is 1.18 bits per heavy atom. The average molecular weight is 329 g/mol. The van der Waals surface area contributed by atoms with E-state index in [-0.39, 0.29) is 5.91 Å². The third-order valence-corrected chi connectivity index (χ3v) is 4.34. The van der Waals surface area contributed by atoms with Gasteiger partial charge in [-0.1, -0.05) is 35.9 Å². The van der Waals surface area contributed by atoms with Gasteiger partial charge in [-0.05, 0) is 35.9 Å². The fourth-order valence-corrected chi connectivity index (χ4v) is 3.00. The molecule has 1 heterocycles. The van der Waals surface area contributed by atoms with Crippen molar-refractivity contribution >= 4 is 45.1 Å². The summed E-state index contributed by atoms with van der Waals surface area (Å²) in [6.45, 7) is 0.434. The number of hydrogen-bond acceptors (Lipinski definition) is 3. The van der Waals surface area contributed by atoms with E-state index in [0.717, 1.165) is 20.8 Å². The molecule has 0 bridgehead atoms. The third kappa shape index (κ3) is 3.72. The zero-order chi connectivity index (χ0) is 15.4. The number of thiazole rings is 1. The predicted octanol–water partition coefficient (Wildman–Crippen LogP) is 4.28. The molecule has 0 atom stereocenters. The number of nitrogens with zero attached hydrogens (tertiary/aromatic N) is 1. The van der Waals surface area contributed by atoms with E-state index in [1.54, 1.807) is 29.5 Å². The van der Waals surface area contributed by atoms with Gasteiger partial charge in [0.1, 0.15) is 5.01 Å². The molecule has 0 spiro atoms. The Hall–Kier alpha value is -2.17. The highest BCUT2D eigenvalue weighted by Gasteiger charge is 2.03. The lowest BCUT2D eigenvalue weighted by atomic mass is 10.2. The summed E-state index contributed by atoms with van der Waals surface area (Å²) in [7, 11) is 0. The number of rotatable bonds is 4. The first-order chi connectivity index (χ1) is 10.7. The molecule has 0 fully saturated rings. The van der Waals surface area contributed by atoms with Crippen LogP contribution in [0.4, 0.5) is 0 Å². The molecule has 5 heteroatoms. The zero-order valence-electron chi connectivity index (χ0n) is 11.6. The first kappa shape index (κ1) is 14.8. The number of aromatic nitrogens is 1. The van der Waals surface area contributed by atoms with Gasteiger partial charge in [0.15, 0.2) is 0 Å². The van der Waals surface area contributed by atoms with Crippen molar-refractivity contribution in [1.29, 1.82) is 0 Å². The minimum absolute atomic E-state index is 0.144. The highest BCUT2D eigenvalue weighted by molar-refractivity contribution is 7.18. The molecule has 0 unspecified atom stereocenters. The number of carbonyl (C=O) groups excluding carboxylic acids is 1. The molecule has 2 aromatic carbocycles. The topological polar surface area (TPSA) is 42.0 Å². The van der Waals surface area contributed by atoms with Crippen molar-refractivity contribution in [2.75, 3.05) is 0 Å². The standard InChI is InChI=1S/C17H13ClN2OS/c18-13-8-5-12(6-9-13)7-10-16(21)19-11-17-20-14-3-1-2-4-15(14)22-17/h1-10H,11H2,(H,19,21)/b10-7+. The molecule has 1 amide bonds. The van der Waals surface area contributed by atoms with Crippen molar-refractivity contribution in [2.45, 2.75) is 6.54 Å². The fourth-order valence-electron chi connectivity index (χ4n) is 1.96. The van der Waals surface area contributed by atoms with Crippen molar-refractivity contribution in [2.24, 2.45) is 0 Å². The van der Waals surface area contributed by atoms with Crippen LogP contribution in [0.15, 0.2) is 54.6 Å². The summed E-state index contributed by atoms with van der Waals surface area (Å²) in [6, 6.07) is 15.2. The maximum atomic E-state index is 11.8. The average Bonchev–Trinajstić information content (AvgIpc) is 2.95. The van der Waals surface area contributed by atoms with E-state index in [2.05, 4.69) is 10.3 Å². The summed E-state index contributed by atoms with van der Waals surface area (Å²) < 4.78 is 1.13. The van der Waals surface area contributed by atoms with Gasteiger partial charge in [-0.2, -0.15) is 0 Å². The SMILES string of the molecule is O=C(/C=C/c1ccc(Cl)cc1)NCc1nc2ccccc2s1. The molecule has 22 heavy (non-hydrogen) atoms. The molecule has 1 aromatic heterocycles. The summed E-state index contributed by atoms with van der Waals surface area (Å²) in [6.07, 6.45) is 3.26. The summed E-state index contributed by atoms with van der Waals surface area (Å²) in [4.78, 5) is 16.3. The Labute approximate surface area is 137 Å². The smallest absolute Gasteiger partial charge is 0.244 e. The van der Waals surface area contributed by atoms with Crippen molar-refractivity contribution in [3.05, 3.63) is 70.2 Å². The number of halogens is 1. The van der Waals surface area contributed by atoms with Gasteiger partial charge in [0, 0.05) is 11.1 Å². The van der Waals surface area contributed by atoms with Crippen LogP contribution in [0.5, 0.6) is 0 Å². The van der Waals surface area contributed by atoms with E-state index in [1.165, 1.54) is 6.08 Å². The Morgan fingerprint density at radius 2 is 1.95 bits per heavy atom. The molecule has 3 rings (SSSR count). The van der Waals surface area contributed by atoms with Crippen molar-refractivity contribution < 1.29 is 4.79 Å². The van der Waals surface area contributed by atoms with Gasteiger partial charge >= 0.3 is 0 Å². The van der Waals surface area contributed by atoms with Crippen LogP contribution >= 0.6 is 22.9 Å². The zero-order valence-corrected chi connectivity index (χ0v) is 13.2. The summed E-state index contributed by atoms with van der Waals surface area (Å²) in [5, 5.41) is 4.41. The van der Waals surface area contributed by atoms with Crippen LogP contribution in [0, 0.1) is 0 Å². The first-order valence-corrected chi connectivity index (χ1v) is 7.96. The molecule has 0 aliphatic carbocycles. The van der Waals surface area contributed by atoms with Crippen molar-refractivity contribution in [1.82, 2.24) is 10.3 Å². The van der Waals surface area contributed by atoms with Crippen molar-refractivity contribution in [3.63, 3.8) is 0 Å². The second-order valence-corrected chi connectivity index (χ2v) is 6.23. The largest absolute Gasteiger partial charge is 0.346 e. The van der Waals surface area contributed by atoms with Crippen LogP contribution in [-0.4, -0.2) is 10.9 Å². The minimum Gasteiger partial charge on any atom is -0.346 e. The van der Waals surface area contributed by atoms with Gasteiger partial charge in [-0.15, -0.1) is 11.3 Å². The second-order valence-electron chi connectivity index (χ2n) is 4.68. The Morgan fingerprint density at radius 3 is 2.73 bits per heavy atom. The van der Waals surface area contributed by atoms with Crippen LogP contribution in [0.25, 0.3) is 16.3 Å². The number of carbonyl (C=O) groups is 1. The Balaban J connectivity index is 1.58. The number of amides is 1. The van der Waals surface area contributed by atoms with Gasteiger partial charge in [0.2, 0.25) is 5.91 Å². The van der Waals surface area contributed by atoms with E-state index in [0.29, 0.717) is 11.6 Å². The van der Waals surface area contributed by atoms with E-state index >= 15 is 0 Å². The van der Waals surface area contributed by atoms with E-state index in [9.17, 15) is 4.79 Å². The van der Waals surface area contributed by atoms with Crippen LogP contribution in [0.2, 0.25) is 5.02 Å². The van der Waals surface area contributed by atoms with Crippen LogP contribution in [-0.2, 0) is 11.3 Å². The lowest BCUT2D eigenvalue weighted by Gasteiger charge is -1.98. The van der Waals surface area contributed by atoms with Gasteiger partial charge in [0.25, 0.3) is 0 Å². The second kappa shape index (κ2) is 6.73. The molecule has 0 aliphatic heterocycles. The summed E-state index contributed by atoms with van der Waals surface area (Å²) in [5.74, 6) is -0.144. The maximum Gasteiger partial charge on any atom is 0.244 e.